The van der Waals surface area contributed by atoms with E-state index in [2.05, 4.69) is 52.8 Å². The van der Waals surface area contributed by atoms with Crippen molar-refractivity contribution < 1.29 is 23.8 Å². The second-order valence-electron chi connectivity index (χ2n) is 6.77. The molecule has 9 heteroatoms. The van der Waals surface area contributed by atoms with Crippen molar-refractivity contribution in [2.24, 2.45) is 4.99 Å². The molecule has 0 unspecified atom stereocenters. The molecule has 0 N–H and O–H groups in total. The van der Waals surface area contributed by atoms with Gasteiger partial charge in [0.25, 0.3) is 0 Å². The van der Waals surface area contributed by atoms with Crippen LogP contribution < -0.4 is 9.47 Å². The van der Waals surface area contributed by atoms with Crippen molar-refractivity contribution in [2.75, 3.05) is 7.11 Å². The summed E-state index contributed by atoms with van der Waals surface area (Å²) in [5.74, 6) is -0.0461. The van der Waals surface area contributed by atoms with Crippen LogP contribution in [0.2, 0.25) is 0 Å². The van der Waals surface area contributed by atoms with Gasteiger partial charge in [-0.05, 0) is 82.7 Å². The van der Waals surface area contributed by atoms with Crippen molar-refractivity contribution in [1.82, 2.24) is 0 Å². The van der Waals surface area contributed by atoms with E-state index in [1.54, 1.807) is 67.8 Å². The van der Waals surface area contributed by atoms with Gasteiger partial charge in [0.05, 0.1) is 17.1 Å². The molecule has 0 saturated carbocycles. The van der Waals surface area contributed by atoms with Crippen LogP contribution in [0.5, 0.6) is 11.5 Å². The number of halogens is 3. The number of ether oxygens (including phenoxy) is 3. The average Bonchev–Trinajstić information content (AvgIpc) is 3.16. The summed E-state index contributed by atoms with van der Waals surface area (Å²) in [6, 6.07) is 17.2. The van der Waals surface area contributed by atoms with Gasteiger partial charge in [-0.25, -0.2) is 14.6 Å². The molecule has 0 bridgehead atoms. The van der Waals surface area contributed by atoms with Crippen LogP contribution in [0.1, 0.15) is 21.5 Å². The Kier molecular flexibility index (Phi) is 7.11. The molecule has 1 heterocycles. The van der Waals surface area contributed by atoms with Gasteiger partial charge in [-0.2, -0.15) is 0 Å². The number of hydrogen-bond donors (Lipinski definition) is 0. The Balaban J connectivity index is 1.68. The maximum Gasteiger partial charge on any atom is 0.363 e. The number of carbonyl (C=O) groups excluding carboxylic acids is 2. The second kappa shape index (κ2) is 10.0. The minimum absolute atomic E-state index is 0.0757. The van der Waals surface area contributed by atoms with Crippen LogP contribution in [0.3, 0.4) is 0 Å². The fraction of sp³-hybridized carbons (Fsp3) is 0.0417. The zero-order valence-electron chi connectivity index (χ0n) is 17.0. The van der Waals surface area contributed by atoms with E-state index in [9.17, 15) is 9.59 Å². The lowest BCUT2D eigenvalue weighted by Crippen LogP contribution is -2.10. The quantitative estimate of drug-likeness (QED) is 0.181. The van der Waals surface area contributed by atoms with Crippen molar-refractivity contribution in [2.45, 2.75) is 0 Å². The third-order valence-electron chi connectivity index (χ3n) is 4.56. The maximum absolute atomic E-state index is 12.7. The van der Waals surface area contributed by atoms with Crippen molar-refractivity contribution in [3.8, 4) is 11.5 Å². The molecule has 0 saturated heterocycles. The minimum Gasteiger partial charge on any atom is -0.497 e. The Morgan fingerprint density at radius 1 is 0.970 bits per heavy atom. The van der Waals surface area contributed by atoms with E-state index in [-0.39, 0.29) is 17.3 Å². The molecule has 0 spiro atoms. The molecule has 1 aliphatic rings. The first-order valence-corrected chi connectivity index (χ1v) is 11.9. The predicted octanol–water partition coefficient (Wildman–Crippen LogP) is 6.55. The van der Waals surface area contributed by atoms with E-state index in [1.165, 1.54) is 6.08 Å². The Bertz CT molecular complexity index is 1300. The van der Waals surface area contributed by atoms with Gasteiger partial charge in [0.2, 0.25) is 5.90 Å². The van der Waals surface area contributed by atoms with Gasteiger partial charge in [0, 0.05) is 20.1 Å². The molecule has 3 aromatic rings. The lowest BCUT2D eigenvalue weighted by atomic mass is 10.1. The van der Waals surface area contributed by atoms with Crippen LogP contribution in [0.15, 0.2) is 84.8 Å². The standard InChI is InChI=1S/C24H14Br3NO5/c1-31-18-8-4-13(5-9-18)22-28-20(24(30)33-22)11-15-10-17(26)12-19(27)21(15)32-23(29)14-2-6-16(25)7-3-14/h2-12H,1H3/b20-11-. The predicted molar refractivity (Wildman–Crippen MR) is 135 cm³/mol. The second-order valence-corrected chi connectivity index (χ2v) is 9.45. The van der Waals surface area contributed by atoms with E-state index in [0.717, 1.165) is 8.95 Å². The summed E-state index contributed by atoms with van der Waals surface area (Å²) in [5, 5.41) is 0. The van der Waals surface area contributed by atoms with Crippen molar-refractivity contribution in [3.63, 3.8) is 0 Å². The Hall–Kier alpha value is -2.75. The van der Waals surface area contributed by atoms with Gasteiger partial charge in [0.15, 0.2) is 11.4 Å². The summed E-state index contributed by atoms with van der Waals surface area (Å²) < 4.78 is 18.2. The van der Waals surface area contributed by atoms with Gasteiger partial charge >= 0.3 is 11.9 Å². The first-order valence-electron chi connectivity index (χ1n) is 9.48. The van der Waals surface area contributed by atoms with Crippen LogP contribution in [-0.2, 0) is 9.53 Å². The van der Waals surface area contributed by atoms with Crippen LogP contribution in [0, 0.1) is 0 Å². The molecule has 3 aromatic carbocycles. The molecule has 0 radical (unpaired) electrons. The highest BCUT2D eigenvalue weighted by molar-refractivity contribution is 9.11. The summed E-state index contributed by atoms with van der Waals surface area (Å²) in [5.41, 5.74) is 1.55. The largest absolute Gasteiger partial charge is 0.497 e. The molecule has 0 amide bonds. The molecule has 33 heavy (non-hydrogen) atoms. The third-order valence-corrected chi connectivity index (χ3v) is 6.14. The molecule has 0 aromatic heterocycles. The van der Waals surface area contributed by atoms with Crippen LogP contribution >= 0.6 is 47.8 Å². The number of cyclic esters (lactones) is 1. The highest BCUT2D eigenvalue weighted by Crippen LogP contribution is 2.36. The number of hydrogen-bond acceptors (Lipinski definition) is 6. The number of aliphatic imine (C=N–C) groups is 1. The molecule has 0 aliphatic carbocycles. The monoisotopic (exact) mass is 633 g/mol. The highest BCUT2D eigenvalue weighted by atomic mass is 79.9. The van der Waals surface area contributed by atoms with Gasteiger partial charge in [0.1, 0.15) is 5.75 Å². The molecule has 6 nitrogen and oxygen atoms in total. The van der Waals surface area contributed by atoms with Gasteiger partial charge in [-0.15, -0.1) is 0 Å². The zero-order valence-corrected chi connectivity index (χ0v) is 21.7. The Morgan fingerprint density at radius 3 is 2.33 bits per heavy atom. The highest BCUT2D eigenvalue weighted by Gasteiger charge is 2.25. The molecule has 0 atom stereocenters. The van der Waals surface area contributed by atoms with Crippen LogP contribution in [0.25, 0.3) is 6.08 Å². The number of benzene rings is 3. The van der Waals surface area contributed by atoms with Crippen molar-refractivity contribution in [3.05, 3.63) is 96.5 Å². The van der Waals surface area contributed by atoms with Crippen LogP contribution in [0.4, 0.5) is 0 Å². The first-order chi connectivity index (χ1) is 15.8. The topological polar surface area (TPSA) is 74.2 Å². The molecule has 166 valence electrons. The zero-order chi connectivity index (χ0) is 23.5. The Labute approximate surface area is 214 Å². The summed E-state index contributed by atoms with van der Waals surface area (Å²) >= 11 is 10.2. The summed E-state index contributed by atoms with van der Waals surface area (Å²) in [7, 11) is 1.57. The third kappa shape index (κ3) is 5.43. The normalized spacial score (nSPS) is 14.1. The van der Waals surface area contributed by atoms with Crippen molar-refractivity contribution in [1.29, 1.82) is 0 Å². The lowest BCUT2D eigenvalue weighted by molar-refractivity contribution is -0.129. The molecular formula is C24H14Br3NO5. The van der Waals surface area contributed by atoms with Crippen LogP contribution in [-0.4, -0.2) is 24.9 Å². The molecule has 4 rings (SSSR count). The van der Waals surface area contributed by atoms with Gasteiger partial charge in [-0.3, -0.25) is 0 Å². The SMILES string of the molecule is COc1ccc(C2=N/C(=C\c3cc(Br)cc(Br)c3OC(=O)c3ccc(Br)cc3)C(=O)O2)cc1. The number of nitrogens with zero attached hydrogens (tertiary/aromatic N) is 1. The number of methoxy groups -OCH3 is 1. The number of carbonyl (C=O) groups is 2. The number of esters is 2. The summed E-state index contributed by atoms with van der Waals surface area (Å²) in [4.78, 5) is 29.5. The molecule has 0 fully saturated rings. The Morgan fingerprint density at radius 2 is 1.67 bits per heavy atom. The van der Waals surface area contributed by atoms with E-state index < -0.39 is 11.9 Å². The van der Waals surface area contributed by atoms with Gasteiger partial charge < -0.3 is 14.2 Å². The average molecular weight is 636 g/mol. The van der Waals surface area contributed by atoms with E-state index in [0.29, 0.717) is 26.9 Å². The first kappa shape index (κ1) is 23.4. The summed E-state index contributed by atoms with van der Waals surface area (Å²) in [6.45, 7) is 0. The van der Waals surface area contributed by atoms with Gasteiger partial charge in [-0.1, -0.05) is 31.9 Å². The maximum atomic E-state index is 12.7. The van der Waals surface area contributed by atoms with E-state index in [4.69, 9.17) is 14.2 Å². The van der Waals surface area contributed by atoms with E-state index >= 15 is 0 Å². The fourth-order valence-corrected chi connectivity index (χ4v) is 4.55. The van der Waals surface area contributed by atoms with Crippen molar-refractivity contribution >= 4 is 71.7 Å². The molecule has 1 aliphatic heterocycles. The fourth-order valence-electron chi connectivity index (χ4n) is 2.95. The smallest absolute Gasteiger partial charge is 0.363 e. The van der Waals surface area contributed by atoms with E-state index in [1.807, 2.05) is 0 Å². The lowest BCUT2D eigenvalue weighted by Gasteiger charge is -2.11. The minimum atomic E-state index is -0.609. The number of rotatable bonds is 5. The molecular weight excluding hydrogens is 622 g/mol. The summed E-state index contributed by atoms with van der Waals surface area (Å²) in [6.07, 6.45) is 1.51.